The summed E-state index contributed by atoms with van der Waals surface area (Å²) in [5.74, 6) is -0.674. The van der Waals surface area contributed by atoms with Crippen molar-refractivity contribution < 1.29 is 18.3 Å². The standard InChI is InChI=1S/C28H32N4O4S/c1-5-37(35,36)30-22-16-20(15-21(26(22)34)28(2,3)4)25(33)18-32-24-14-10-9-13-23(24)31(27(32)29)17-19-11-7-6-8-12-19/h6-16,29-30,34H,5,17-18H2,1-4H3. The first-order valence-corrected chi connectivity index (χ1v) is 13.7. The molecule has 0 saturated carbocycles. The average molecular weight is 521 g/mol. The summed E-state index contributed by atoms with van der Waals surface area (Å²) in [5, 5.41) is 19.7. The lowest BCUT2D eigenvalue weighted by molar-refractivity contribution is 0.0971. The van der Waals surface area contributed by atoms with Crippen molar-refractivity contribution in [3.05, 3.63) is 89.0 Å². The molecule has 0 aliphatic rings. The van der Waals surface area contributed by atoms with Crippen LogP contribution < -0.4 is 10.3 Å². The number of aromatic nitrogens is 2. The van der Waals surface area contributed by atoms with Crippen LogP contribution in [0.2, 0.25) is 0 Å². The van der Waals surface area contributed by atoms with Crippen LogP contribution in [0.3, 0.4) is 0 Å². The molecule has 0 spiro atoms. The van der Waals surface area contributed by atoms with Crippen LogP contribution in [0.15, 0.2) is 66.7 Å². The fourth-order valence-electron chi connectivity index (χ4n) is 4.30. The number of ketones is 1. The predicted molar refractivity (Wildman–Crippen MR) is 146 cm³/mol. The van der Waals surface area contributed by atoms with Gasteiger partial charge in [-0.15, -0.1) is 0 Å². The van der Waals surface area contributed by atoms with E-state index in [-0.39, 0.29) is 40.7 Å². The maximum Gasteiger partial charge on any atom is 0.232 e. The van der Waals surface area contributed by atoms with Crippen LogP contribution >= 0.6 is 0 Å². The summed E-state index contributed by atoms with van der Waals surface area (Å²) in [4.78, 5) is 13.6. The number of hydrogen-bond donors (Lipinski definition) is 3. The van der Waals surface area contributed by atoms with Crippen LogP contribution in [0, 0.1) is 5.41 Å². The molecule has 0 saturated heterocycles. The number of rotatable bonds is 8. The second-order valence-corrected chi connectivity index (χ2v) is 12.1. The Balaban J connectivity index is 1.78. The van der Waals surface area contributed by atoms with E-state index in [1.54, 1.807) is 10.6 Å². The van der Waals surface area contributed by atoms with Crippen molar-refractivity contribution in [2.75, 3.05) is 10.5 Å². The summed E-state index contributed by atoms with van der Waals surface area (Å²) in [6.07, 6.45) is 0. The molecule has 0 bridgehead atoms. The minimum absolute atomic E-state index is 0.0276. The van der Waals surface area contributed by atoms with Gasteiger partial charge >= 0.3 is 0 Å². The van der Waals surface area contributed by atoms with Crippen LogP contribution in [-0.4, -0.2) is 34.2 Å². The Morgan fingerprint density at radius 1 is 0.973 bits per heavy atom. The van der Waals surface area contributed by atoms with Crippen molar-refractivity contribution in [3.63, 3.8) is 0 Å². The third kappa shape index (κ3) is 5.46. The Morgan fingerprint density at radius 3 is 2.16 bits per heavy atom. The zero-order valence-electron chi connectivity index (χ0n) is 21.4. The first kappa shape index (κ1) is 26.2. The molecule has 37 heavy (non-hydrogen) atoms. The van der Waals surface area contributed by atoms with Crippen LogP contribution in [0.4, 0.5) is 5.69 Å². The van der Waals surface area contributed by atoms with E-state index in [4.69, 9.17) is 5.41 Å². The topological polar surface area (TPSA) is 117 Å². The lowest BCUT2D eigenvalue weighted by atomic mass is 9.84. The molecule has 0 radical (unpaired) electrons. The second kappa shape index (κ2) is 9.89. The van der Waals surface area contributed by atoms with Crippen molar-refractivity contribution in [2.24, 2.45) is 0 Å². The number of para-hydroxylation sites is 2. The summed E-state index contributed by atoms with van der Waals surface area (Å²) >= 11 is 0. The highest BCUT2D eigenvalue weighted by Gasteiger charge is 2.25. The van der Waals surface area contributed by atoms with Gasteiger partial charge in [-0.3, -0.25) is 14.9 Å². The summed E-state index contributed by atoms with van der Waals surface area (Å²) in [6, 6.07) is 20.4. The maximum atomic E-state index is 13.6. The zero-order valence-corrected chi connectivity index (χ0v) is 22.3. The average Bonchev–Trinajstić information content (AvgIpc) is 3.11. The van der Waals surface area contributed by atoms with Gasteiger partial charge in [0.1, 0.15) is 5.75 Å². The van der Waals surface area contributed by atoms with E-state index in [9.17, 15) is 18.3 Å². The molecule has 9 heteroatoms. The van der Waals surface area contributed by atoms with Gasteiger partial charge in [-0.05, 0) is 42.2 Å². The van der Waals surface area contributed by atoms with Gasteiger partial charge in [0, 0.05) is 11.1 Å². The molecule has 1 aromatic heterocycles. The molecule has 0 aliphatic carbocycles. The smallest absolute Gasteiger partial charge is 0.232 e. The molecule has 0 fully saturated rings. The van der Waals surface area contributed by atoms with Gasteiger partial charge in [0.15, 0.2) is 5.78 Å². The van der Waals surface area contributed by atoms with Gasteiger partial charge in [-0.1, -0.05) is 63.2 Å². The molecule has 3 aromatic carbocycles. The number of fused-ring (bicyclic) bond motifs is 1. The fraction of sp³-hybridized carbons (Fsp3) is 0.286. The highest BCUT2D eigenvalue weighted by Crippen LogP contribution is 2.38. The van der Waals surface area contributed by atoms with Crippen LogP contribution in [-0.2, 0) is 28.5 Å². The molecule has 1 heterocycles. The molecular formula is C28H32N4O4S. The van der Waals surface area contributed by atoms with E-state index >= 15 is 0 Å². The quantitative estimate of drug-likeness (QED) is 0.232. The van der Waals surface area contributed by atoms with E-state index in [0.717, 1.165) is 16.6 Å². The van der Waals surface area contributed by atoms with Crippen molar-refractivity contribution in [3.8, 4) is 5.75 Å². The van der Waals surface area contributed by atoms with Gasteiger partial charge in [0.2, 0.25) is 15.6 Å². The van der Waals surface area contributed by atoms with Crippen molar-refractivity contribution >= 4 is 32.5 Å². The van der Waals surface area contributed by atoms with Gasteiger partial charge in [-0.2, -0.15) is 0 Å². The number of phenolic OH excluding ortho intramolecular Hbond substituents is 1. The van der Waals surface area contributed by atoms with Crippen LogP contribution in [0.5, 0.6) is 5.75 Å². The highest BCUT2D eigenvalue weighted by atomic mass is 32.2. The molecule has 8 nitrogen and oxygen atoms in total. The van der Waals surface area contributed by atoms with Crippen molar-refractivity contribution in [1.29, 1.82) is 5.41 Å². The first-order chi connectivity index (χ1) is 17.4. The van der Waals surface area contributed by atoms with Crippen LogP contribution in [0.25, 0.3) is 11.0 Å². The summed E-state index contributed by atoms with van der Waals surface area (Å²) < 4.78 is 30.4. The SMILES string of the molecule is CCS(=O)(=O)Nc1cc(C(=O)Cn2c(=N)n(Cc3ccccc3)c3ccccc32)cc(C(C)(C)C)c1O. The van der Waals surface area contributed by atoms with E-state index in [0.29, 0.717) is 12.1 Å². The molecule has 3 N–H and O–H groups in total. The van der Waals surface area contributed by atoms with E-state index in [1.807, 2.05) is 79.9 Å². The first-order valence-electron chi connectivity index (χ1n) is 12.1. The van der Waals surface area contributed by atoms with E-state index < -0.39 is 15.4 Å². The molecule has 0 unspecified atom stereocenters. The van der Waals surface area contributed by atoms with Crippen molar-refractivity contribution in [1.82, 2.24) is 9.13 Å². The Labute approximate surface area is 216 Å². The van der Waals surface area contributed by atoms with Gasteiger partial charge in [0.05, 0.1) is 35.6 Å². The Morgan fingerprint density at radius 2 is 1.57 bits per heavy atom. The summed E-state index contributed by atoms with van der Waals surface area (Å²) in [6.45, 7) is 7.50. The molecule has 194 valence electrons. The Hall–Kier alpha value is -3.85. The van der Waals surface area contributed by atoms with Crippen molar-refractivity contribution in [2.45, 2.75) is 46.2 Å². The zero-order chi connectivity index (χ0) is 27.0. The Kier molecular flexibility index (Phi) is 7.01. The monoisotopic (exact) mass is 520 g/mol. The number of anilines is 1. The van der Waals surface area contributed by atoms with E-state index in [1.165, 1.54) is 13.0 Å². The molecular weight excluding hydrogens is 488 g/mol. The largest absolute Gasteiger partial charge is 0.505 e. The molecule has 0 atom stereocenters. The highest BCUT2D eigenvalue weighted by molar-refractivity contribution is 7.92. The number of imidazole rings is 1. The maximum absolute atomic E-state index is 13.6. The van der Waals surface area contributed by atoms with Gasteiger partial charge in [-0.25, -0.2) is 8.42 Å². The molecule has 4 aromatic rings. The van der Waals surface area contributed by atoms with E-state index in [2.05, 4.69) is 4.72 Å². The molecule has 0 amide bonds. The number of nitrogens with one attached hydrogen (secondary N) is 2. The number of carbonyl (C=O) groups is 1. The number of aromatic hydroxyl groups is 1. The number of sulfonamides is 1. The van der Waals surface area contributed by atoms with Crippen LogP contribution in [0.1, 0.15) is 49.2 Å². The number of nitrogens with zero attached hydrogens (tertiary/aromatic N) is 2. The summed E-state index contributed by atoms with van der Waals surface area (Å²) in [7, 11) is -3.68. The molecule has 4 rings (SSSR count). The second-order valence-electron chi connectivity index (χ2n) is 10.1. The lowest BCUT2D eigenvalue weighted by Gasteiger charge is -2.23. The third-order valence-electron chi connectivity index (χ3n) is 6.35. The fourth-order valence-corrected chi connectivity index (χ4v) is 4.94. The number of benzene rings is 3. The Bertz CT molecular complexity index is 1630. The third-order valence-corrected chi connectivity index (χ3v) is 7.64. The number of hydrogen-bond acceptors (Lipinski definition) is 5. The molecule has 0 aliphatic heterocycles. The van der Waals surface area contributed by atoms with Gasteiger partial charge < -0.3 is 14.2 Å². The minimum atomic E-state index is -3.68. The minimum Gasteiger partial charge on any atom is -0.505 e. The van der Waals surface area contributed by atoms with Gasteiger partial charge in [0.25, 0.3) is 0 Å². The summed E-state index contributed by atoms with van der Waals surface area (Å²) in [5.41, 5.74) is 2.93. The normalized spacial score (nSPS) is 12.1. The predicted octanol–water partition coefficient (Wildman–Crippen LogP) is 4.62. The lowest BCUT2D eigenvalue weighted by Crippen LogP contribution is -2.28. The number of phenols is 1. The number of Topliss-reactive ketones (excluding diaryl/α,β-unsaturated/α-hetero) is 1. The number of carbonyl (C=O) groups excluding carboxylic acids is 1.